The predicted molar refractivity (Wildman–Crippen MR) is 131 cm³/mol. The Morgan fingerprint density at radius 1 is 1.08 bits per heavy atom. The van der Waals surface area contributed by atoms with E-state index in [1.54, 1.807) is 24.3 Å². The first-order valence-electron chi connectivity index (χ1n) is 11.0. The Labute approximate surface area is 209 Å². The van der Waals surface area contributed by atoms with E-state index in [-0.39, 0.29) is 17.6 Å². The van der Waals surface area contributed by atoms with Gasteiger partial charge in [0.15, 0.2) is 23.2 Å². The summed E-state index contributed by atoms with van der Waals surface area (Å²) in [6, 6.07) is 12.5. The number of thiophene rings is 1. The van der Waals surface area contributed by atoms with E-state index in [9.17, 15) is 19.8 Å². The molecule has 3 aromatic heterocycles. The molecule has 1 fully saturated rings. The minimum Gasteiger partial charge on any atom is -0.387 e. The normalized spacial score (nSPS) is 21.7. The van der Waals surface area contributed by atoms with Gasteiger partial charge in [0.05, 0.1) is 12.9 Å². The molecular formula is C24H22N6O5S. The second-order valence-electron chi connectivity index (χ2n) is 8.00. The number of nitrogens with one attached hydrogen (secondary N) is 2. The van der Waals surface area contributed by atoms with Gasteiger partial charge in [0.1, 0.15) is 24.6 Å². The standard InChI is InChI=1S/C24H22N6O5S/c31-17(25-11-15-7-4-10-36-15)9-8-16-19(32)20(33)24(35-16)30-13-28-18-21(26-12-27-22(18)30)29-23(34)14-5-2-1-3-6-14/h1-10,12-13,16,19-20,24,32-33H,11H2,(H,25,31)(H,26,27,29,34)/b9-8+/t16-,19-,20-,24-/m1/s1. The lowest BCUT2D eigenvalue weighted by Crippen LogP contribution is -2.31. The van der Waals surface area contributed by atoms with Crippen molar-refractivity contribution in [3.05, 3.63) is 83.1 Å². The number of rotatable bonds is 7. The molecule has 12 heteroatoms. The average Bonchev–Trinajstić information content (AvgIpc) is 3.63. The van der Waals surface area contributed by atoms with E-state index in [4.69, 9.17) is 4.74 Å². The molecule has 1 saturated heterocycles. The van der Waals surface area contributed by atoms with Crippen LogP contribution in [0.2, 0.25) is 0 Å². The summed E-state index contributed by atoms with van der Waals surface area (Å²) in [5, 5.41) is 28.5. The number of nitrogens with zero attached hydrogens (tertiary/aromatic N) is 4. The third-order valence-corrected chi connectivity index (χ3v) is 6.51. The number of carbonyl (C=O) groups excluding carboxylic acids is 2. The Balaban J connectivity index is 1.30. The van der Waals surface area contributed by atoms with Crippen molar-refractivity contribution >= 4 is 40.1 Å². The molecule has 4 N–H and O–H groups in total. The van der Waals surface area contributed by atoms with E-state index < -0.39 is 24.5 Å². The molecule has 2 amide bonds. The fraction of sp³-hybridized carbons (Fsp3) is 0.208. The maximum atomic E-state index is 12.6. The van der Waals surface area contributed by atoms with Crippen molar-refractivity contribution in [1.29, 1.82) is 0 Å². The van der Waals surface area contributed by atoms with Crippen LogP contribution >= 0.6 is 11.3 Å². The lowest BCUT2D eigenvalue weighted by molar-refractivity contribution is -0.116. The SMILES string of the molecule is O=C(/C=C/[C@H]1O[C@@H](n2cnc3c(NC(=O)c4ccccc4)ncnc32)[C@H](O)[C@@H]1O)NCc1cccs1. The molecule has 0 radical (unpaired) electrons. The van der Waals surface area contributed by atoms with Crippen molar-refractivity contribution < 1.29 is 24.5 Å². The molecule has 5 rings (SSSR count). The topological polar surface area (TPSA) is 151 Å². The summed E-state index contributed by atoms with van der Waals surface area (Å²) in [5.41, 5.74) is 1.04. The Morgan fingerprint density at radius 3 is 2.69 bits per heavy atom. The van der Waals surface area contributed by atoms with Crippen LogP contribution in [0.1, 0.15) is 21.5 Å². The zero-order chi connectivity index (χ0) is 25.1. The van der Waals surface area contributed by atoms with Crippen LogP contribution in [0.4, 0.5) is 5.82 Å². The van der Waals surface area contributed by atoms with Crippen LogP contribution in [0.5, 0.6) is 0 Å². The number of hydrogen-bond acceptors (Lipinski definition) is 9. The van der Waals surface area contributed by atoms with Crippen LogP contribution in [0.25, 0.3) is 11.2 Å². The molecule has 1 aliphatic heterocycles. The molecule has 0 aliphatic carbocycles. The number of fused-ring (bicyclic) bond motifs is 1. The summed E-state index contributed by atoms with van der Waals surface area (Å²) >= 11 is 1.53. The number of benzene rings is 1. The van der Waals surface area contributed by atoms with Crippen molar-refractivity contribution in [2.24, 2.45) is 0 Å². The molecule has 36 heavy (non-hydrogen) atoms. The van der Waals surface area contributed by atoms with Gasteiger partial charge in [-0.25, -0.2) is 15.0 Å². The van der Waals surface area contributed by atoms with Crippen molar-refractivity contribution in [2.75, 3.05) is 5.32 Å². The minimum absolute atomic E-state index is 0.194. The fourth-order valence-electron chi connectivity index (χ4n) is 3.80. The maximum absolute atomic E-state index is 12.6. The summed E-state index contributed by atoms with van der Waals surface area (Å²) in [6.45, 7) is 0.393. The molecular weight excluding hydrogens is 484 g/mol. The molecule has 4 atom stereocenters. The smallest absolute Gasteiger partial charge is 0.256 e. The van der Waals surface area contributed by atoms with Gasteiger partial charge >= 0.3 is 0 Å². The molecule has 0 unspecified atom stereocenters. The van der Waals surface area contributed by atoms with Gasteiger partial charge in [-0.2, -0.15) is 0 Å². The van der Waals surface area contributed by atoms with Gasteiger partial charge in [-0.3, -0.25) is 14.2 Å². The highest BCUT2D eigenvalue weighted by Crippen LogP contribution is 2.32. The first-order chi connectivity index (χ1) is 17.5. The van der Waals surface area contributed by atoms with Gasteiger partial charge in [-0.05, 0) is 29.7 Å². The van der Waals surface area contributed by atoms with Crippen molar-refractivity contribution in [2.45, 2.75) is 31.1 Å². The van der Waals surface area contributed by atoms with E-state index in [1.165, 1.54) is 40.7 Å². The summed E-state index contributed by atoms with van der Waals surface area (Å²) in [5.74, 6) is -0.517. The summed E-state index contributed by atoms with van der Waals surface area (Å²) in [4.78, 5) is 38.3. The van der Waals surface area contributed by atoms with E-state index in [0.29, 0.717) is 23.3 Å². The zero-order valence-electron chi connectivity index (χ0n) is 18.8. The van der Waals surface area contributed by atoms with Gasteiger partial charge in [-0.15, -0.1) is 11.3 Å². The Hall–Kier alpha value is -3.97. The highest BCUT2D eigenvalue weighted by atomic mass is 32.1. The first-order valence-corrected chi connectivity index (χ1v) is 11.9. The summed E-state index contributed by atoms with van der Waals surface area (Å²) in [7, 11) is 0. The molecule has 11 nitrogen and oxygen atoms in total. The van der Waals surface area contributed by atoms with Crippen LogP contribution in [-0.2, 0) is 16.1 Å². The Morgan fingerprint density at radius 2 is 1.92 bits per heavy atom. The van der Waals surface area contributed by atoms with Crippen LogP contribution < -0.4 is 10.6 Å². The summed E-state index contributed by atoms with van der Waals surface area (Å²) in [6.07, 6.45) is 0.748. The number of ether oxygens (including phenoxy) is 1. The second kappa shape index (κ2) is 10.3. The van der Waals surface area contributed by atoms with E-state index in [0.717, 1.165) is 4.88 Å². The molecule has 4 heterocycles. The molecule has 0 saturated carbocycles. The largest absolute Gasteiger partial charge is 0.387 e. The number of aliphatic hydroxyl groups is 2. The van der Waals surface area contributed by atoms with Gasteiger partial charge in [0, 0.05) is 16.5 Å². The van der Waals surface area contributed by atoms with Crippen molar-refractivity contribution in [3.8, 4) is 0 Å². The molecule has 0 spiro atoms. The van der Waals surface area contributed by atoms with Crippen LogP contribution in [0, 0.1) is 0 Å². The fourth-order valence-corrected chi connectivity index (χ4v) is 4.45. The number of hydrogen-bond donors (Lipinski definition) is 4. The molecule has 4 aromatic rings. The van der Waals surface area contributed by atoms with Crippen LogP contribution in [0.15, 0.2) is 72.7 Å². The average molecular weight is 507 g/mol. The highest BCUT2D eigenvalue weighted by Gasteiger charge is 2.43. The van der Waals surface area contributed by atoms with Crippen molar-refractivity contribution in [3.63, 3.8) is 0 Å². The first kappa shape index (κ1) is 23.8. The van der Waals surface area contributed by atoms with Gasteiger partial charge in [0.25, 0.3) is 5.91 Å². The number of carbonyl (C=O) groups is 2. The quantitative estimate of drug-likeness (QED) is 0.276. The Bertz CT molecular complexity index is 1390. The number of amides is 2. The van der Waals surface area contributed by atoms with E-state index in [1.807, 2.05) is 23.6 Å². The molecule has 1 aliphatic rings. The Kier molecular flexibility index (Phi) is 6.82. The van der Waals surface area contributed by atoms with Crippen molar-refractivity contribution in [1.82, 2.24) is 24.8 Å². The number of aliphatic hydroxyl groups excluding tert-OH is 2. The maximum Gasteiger partial charge on any atom is 0.256 e. The molecule has 184 valence electrons. The predicted octanol–water partition coefficient (Wildman–Crippen LogP) is 1.63. The number of aromatic nitrogens is 4. The molecule has 0 bridgehead atoms. The second-order valence-corrected chi connectivity index (χ2v) is 9.03. The van der Waals surface area contributed by atoms with E-state index in [2.05, 4.69) is 25.6 Å². The number of anilines is 1. The highest BCUT2D eigenvalue weighted by molar-refractivity contribution is 7.09. The zero-order valence-corrected chi connectivity index (χ0v) is 19.6. The third kappa shape index (κ3) is 4.88. The van der Waals surface area contributed by atoms with Gasteiger partial charge < -0.3 is 25.6 Å². The summed E-state index contributed by atoms with van der Waals surface area (Å²) < 4.78 is 7.29. The third-order valence-electron chi connectivity index (χ3n) is 5.63. The van der Waals surface area contributed by atoms with E-state index >= 15 is 0 Å². The molecule has 1 aromatic carbocycles. The lowest BCUT2D eigenvalue weighted by atomic mass is 10.1. The monoisotopic (exact) mass is 506 g/mol. The minimum atomic E-state index is -1.32. The van der Waals surface area contributed by atoms with Gasteiger partial charge in [-0.1, -0.05) is 24.3 Å². The lowest BCUT2D eigenvalue weighted by Gasteiger charge is -2.16. The van der Waals surface area contributed by atoms with Crippen LogP contribution in [0.3, 0.4) is 0 Å². The van der Waals surface area contributed by atoms with Gasteiger partial charge in [0.2, 0.25) is 5.91 Å². The van der Waals surface area contributed by atoms with Crippen LogP contribution in [-0.4, -0.2) is 59.9 Å². The number of imidazole rings is 1.